The van der Waals surface area contributed by atoms with E-state index in [2.05, 4.69) is 25.4 Å². The van der Waals surface area contributed by atoms with Gasteiger partial charge in [0, 0.05) is 19.0 Å². The number of carbonyl (C=O) groups is 2. The van der Waals surface area contributed by atoms with Crippen LogP contribution < -0.4 is 10.9 Å². The van der Waals surface area contributed by atoms with Crippen molar-refractivity contribution in [1.82, 2.24) is 30.3 Å². The number of β-amino-alcohol motifs (C(OH)–C–C–N with tert-alkyl or cyclic N) is 1. The predicted octanol–water partition coefficient (Wildman–Crippen LogP) is 1.77. The zero-order chi connectivity index (χ0) is 25.3. The molecule has 3 N–H and O–H groups in total. The molecule has 35 heavy (non-hydrogen) atoms. The highest BCUT2D eigenvalue weighted by Crippen LogP contribution is 2.30. The van der Waals surface area contributed by atoms with Crippen molar-refractivity contribution in [2.24, 2.45) is 5.92 Å². The van der Waals surface area contributed by atoms with E-state index in [0.717, 1.165) is 10.6 Å². The number of aliphatic hydroxyl groups excluding tert-OH is 1. The molecule has 4 atom stereocenters. The highest BCUT2D eigenvalue weighted by Gasteiger charge is 2.43. The van der Waals surface area contributed by atoms with Crippen LogP contribution in [0, 0.1) is 12.8 Å². The Bertz CT molecular complexity index is 1250. The first-order valence-electron chi connectivity index (χ1n) is 11.4. The number of likely N-dealkylation sites (tertiary alicyclic amines) is 1. The fourth-order valence-corrected chi connectivity index (χ4v) is 5.05. The molecule has 0 spiro atoms. The average Bonchev–Trinajstić information content (AvgIpc) is 3.53. The number of thiazole rings is 1. The van der Waals surface area contributed by atoms with Gasteiger partial charge >= 0.3 is 0 Å². The fraction of sp³-hybridized carbons (Fsp3) is 0.478. The summed E-state index contributed by atoms with van der Waals surface area (Å²) >= 11 is 1.48. The molecule has 186 valence electrons. The van der Waals surface area contributed by atoms with Gasteiger partial charge in [0.15, 0.2) is 5.76 Å². The van der Waals surface area contributed by atoms with Gasteiger partial charge in [0.2, 0.25) is 11.8 Å². The normalized spacial score (nSPS) is 19.7. The third-order valence-corrected chi connectivity index (χ3v) is 7.05. The molecular weight excluding hydrogens is 472 g/mol. The number of hydrogen-bond acceptors (Lipinski definition) is 9. The lowest BCUT2D eigenvalue weighted by Crippen LogP contribution is -2.48. The van der Waals surface area contributed by atoms with Crippen LogP contribution in [0.3, 0.4) is 0 Å². The third-order valence-electron chi connectivity index (χ3n) is 6.10. The van der Waals surface area contributed by atoms with Crippen molar-refractivity contribution in [3.8, 4) is 10.6 Å². The van der Waals surface area contributed by atoms with Gasteiger partial charge in [0.1, 0.15) is 17.7 Å². The summed E-state index contributed by atoms with van der Waals surface area (Å²) in [6, 6.07) is -0.0914. The minimum Gasteiger partial charge on any atom is -0.391 e. The minimum absolute atomic E-state index is 0.0197. The van der Waals surface area contributed by atoms with Gasteiger partial charge in [-0.05, 0) is 19.8 Å². The van der Waals surface area contributed by atoms with Crippen molar-refractivity contribution in [2.75, 3.05) is 6.54 Å². The van der Waals surface area contributed by atoms with Crippen LogP contribution in [0.15, 0.2) is 33.3 Å². The Hall–Kier alpha value is -3.38. The Morgan fingerprint density at radius 1 is 1.26 bits per heavy atom. The zero-order valence-electron chi connectivity index (χ0n) is 19.9. The van der Waals surface area contributed by atoms with Gasteiger partial charge in [-0.15, -0.1) is 11.3 Å². The number of hydrogen-bond donors (Lipinski definition) is 3. The highest BCUT2D eigenvalue weighted by molar-refractivity contribution is 7.13. The summed E-state index contributed by atoms with van der Waals surface area (Å²) in [6.07, 6.45) is 2.53. The van der Waals surface area contributed by atoms with Gasteiger partial charge < -0.3 is 19.8 Å². The highest BCUT2D eigenvalue weighted by atomic mass is 32.1. The van der Waals surface area contributed by atoms with Crippen LogP contribution in [0.25, 0.3) is 10.6 Å². The number of carbonyl (C=O) groups excluding carboxylic acids is 2. The van der Waals surface area contributed by atoms with Crippen molar-refractivity contribution in [3.63, 3.8) is 0 Å². The van der Waals surface area contributed by atoms with E-state index in [0.29, 0.717) is 11.4 Å². The van der Waals surface area contributed by atoms with E-state index in [1.807, 2.05) is 20.8 Å². The molecule has 0 aromatic carbocycles. The van der Waals surface area contributed by atoms with E-state index >= 15 is 0 Å². The fourth-order valence-electron chi connectivity index (χ4n) is 4.28. The zero-order valence-corrected chi connectivity index (χ0v) is 20.7. The molecule has 0 unspecified atom stereocenters. The number of amides is 2. The summed E-state index contributed by atoms with van der Waals surface area (Å²) in [6.45, 7) is 7.36. The lowest BCUT2D eigenvalue weighted by molar-refractivity contribution is -0.141. The summed E-state index contributed by atoms with van der Waals surface area (Å²) in [4.78, 5) is 53.6. The molecule has 1 aliphatic rings. The molecule has 0 saturated carbocycles. The van der Waals surface area contributed by atoms with Crippen LogP contribution in [0.2, 0.25) is 0 Å². The quantitative estimate of drug-likeness (QED) is 0.443. The summed E-state index contributed by atoms with van der Waals surface area (Å²) in [7, 11) is 0. The van der Waals surface area contributed by atoms with E-state index in [-0.39, 0.29) is 30.6 Å². The monoisotopic (exact) mass is 500 g/mol. The van der Waals surface area contributed by atoms with Gasteiger partial charge in [-0.1, -0.05) is 13.8 Å². The molecule has 0 aliphatic carbocycles. The van der Waals surface area contributed by atoms with Crippen molar-refractivity contribution in [1.29, 1.82) is 0 Å². The van der Waals surface area contributed by atoms with Crippen LogP contribution >= 0.6 is 11.3 Å². The number of rotatable bonds is 7. The van der Waals surface area contributed by atoms with Gasteiger partial charge in [-0.3, -0.25) is 24.4 Å². The molecule has 12 heteroatoms. The predicted molar refractivity (Wildman–Crippen MR) is 127 cm³/mol. The number of aromatic nitrogens is 4. The molecule has 1 fully saturated rings. The van der Waals surface area contributed by atoms with Crippen LogP contribution in [-0.4, -0.2) is 60.6 Å². The molecule has 1 aliphatic heterocycles. The van der Waals surface area contributed by atoms with Gasteiger partial charge in [-0.2, -0.15) is 5.16 Å². The Balaban J connectivity index is 1.48. The van der Waals surface area contributed by atoms with Crippen molar-refractivity contribution < 1.29 is 19.2 Å². The van der Waals surface area contributed by atoms with Crippen LogP contribution in [0.5, 0.6) is 0 Å². The summed E-state index contributed by atoms with van der Waals surface area (Å²) in [5.41, 5.74) is 3.45. The standard InChI is InChI=1S/C23H28N6O5S/c1-11(2)20(18-6-19(31)28-34-18)23(33)29-9-14(30)5-17(29)22(32)27-12(3)15-7-25-16(8-24-15)21-13(4)26-10-35-21/h6-8,10-12,14,17,20,30H,5,9H2,1-4H3,(H,27,32)(H,28,31)/t12-,14+,17-,20+/m0/s1. The lowest BCUT2D eigenvalue weighted by Gasteiger charge is -2.29. The van der Waals surface area contributed by atoms with E-state index in [4.69, 9.17) is 4.52 Å². The van der Waals surface area contributed by atoms with Gasteiger partial charge in [0.25, 0.3) is 5.56 Å². The number of aliphatic hydroxyl groups is 1. The Morgan fingerprint density at radius 2 is 2.03 bits per heavy atom. The minimum atomic E-state index is -0.862. The molecular formula is C23H28N6O5S. The second-order valence-electron chi connectivity index (χ2n) is 9.06. The summed E-state index contributed by atoms with van der Waals surface area (Å²) in [5, 5.41) is 15.4. The Morgan fingerprint density at radius 3 is 2.60 bits per heavy atom. The van der Waals surface area contributed by atoms with Crippen molar-refractivity contribution in [3.05, 3.63) is 51.5 Å². The number of aryl methyl sites for hydroxylation is 1. The third kappa shape index (κ3) is 5.17. The average molecular weight is 501 g/mol. The summed E-state index contributed by atoms with van der Waals surface area (Å²) < 4.78 is 5.19. The Kier molecular flexibility index (Phi) is 7.13. The van der Waals surface area contributed by atoms with Gasteiger partial charge in [-0.25, -0.2) is 4.98 Å². The first-order valence-corrected chi connectivity index (χ1v) is 12.2. The molecule has 3 aromatic rings. The van der Waals surface area contributed by atoms with E-state index in [1.54, 1.807) is 24.8 Å². The van der Waals surface area contributed by atoms with E-state index in [1.165, 1.54) is 22.3 Å². The molecule has 1 saturated heterocycles. The molecule has 0 bridgehead atoms. The summed E-state index contributed by atoms with van der Waals surface area (Å²) in [5.74, 6) is -1.53. The molecule has 0 radical (unpaired) electrons. The molecule has 3 aromatic heterocycles. The maximum atomic E-state index is 13.4. The number of H-pyrrole nitrogens is 1. The number of nitrogens with one attached hydrogen (secondary N) is 2. The maximum Gasteiger partial charge on any atom is 0.280 e. The molecule has 4 rings (SSSR count). The van der Waals surface area contributed by atoms with Crippen LogP contribution in [-0.2, 0) is 9.59 Å². The van der Waals surface area contributed by atoms with Gasteiger partial charge in [0.05, 0.1) is 46.3 Å². The topological polar surface area (TPSA) is 154 Å². The van der Waals surface area contributed by atoms with Crippen molar-refractivity contribution in [2.45, 2.75) is 58.2 Å². The molecule has 4 heterocycles. The van der Waals surface area contributed by atoms with E-state index < -0.39 is 35.6 Å². The second kappa shape index (κ2) is 10.1. The number of nitrogens with zero attached hydrogens (tertiary/aromatic N) is 4. The Labute approximate surface area is 205 Å². The van der Waals surface area contributed by atoms with E-state index in [9.17, 15) is 19.5 Å². The maximum absolute atomic E-state index is 13.4. The molecule has 2 amide bonds. The smallest absolute Gasteiger partial charge is 0.280 e. The second-order valence-corrected chi connectivity index (χ2v) is 9.91. The first-order chi connectivity index (χ1) is 16.7. The molecule has 11 nitrogen and oxygen atoms in total. The SMILES string of the molecule is Cc1ncsc1-c1cnc([C@H](C)NC(=O)[C@@H]2C[C@@H](O)CN2C(=O)[C@@H](c2cc(=O)[nH]o2)C(C)C)cn1. The first kappa shape index (κ1) is 24.7. The number of aromatic amines is 1. The van der Waals surface area contributed by atoms with Crippen molar-refractivity contribution >= 4 is 23.2 Å². The van der Waals surface area contributed by atoms with Crippen LogP contribution in [0.1, 0.15) is 56.3 Å². The lowest BCUT2D eigenvalue weighted by atomic mass is 9.91. The largest absolute Gasteiger partial charge is 0.391 e. The van der Waals surface area contributed by atoms with Crippen LogP contribution in [0.4, 0.5) is 0 Å².